The Hall–Kier alpha value is -2.34. The summed E-state index contributed by atoms with van der Waals surface area (Å²) in [6.45, 7) is 0.821. The lowest BCUT2D eigenvalue weighted by atomic mass is 9.94. The third-order valence-electron chi connectivity index (χ3n) is 3.46. The molecule has 1 nitrogen and oxygen atoms in total. The van der Waals surface area contributed by atoms with E-state index in [1.54, 1.807) is 0 Å². The van der Waals surface area contributed by atoms with Gasteiger partial charge in [0.2, 0.25) is 0 Å². The predicted molar refractivity (Wildman–Crippen MR) is 86.3 cm³/mol. The number of fused-ring (bicyclic) bond motifs is 2. The van der Waals surface area contributed by atoms with Crippen LogP contribution in [0.5, 0.6) is 0 Å². The van der Waals surface area contributed by atoms with E-state index in [9.17, 15) is 0 Å². The maximum Gasteiger partial charge on any atom is 0.0318 e. The largest absolute Gasteiger partial charge is 0.316 e. The Labute approximate surface area is 120 Å². The van der Waals surface area contributed by atoms with Gasteiger partial charge in [-0.15, -0.1) is 5.73 Å². The van der Waals surface area contributed by atoms with E-state index in [-0.39, 0.29) is 0 Å². The molecule has 3 rings (SSSR count). The Morgan fingerprint density at radius 2 is 1.45 bits per heavy atom. The van der Waals surface area contributed by atoms with Gasteiger partial charge in [0.25, 0.3) is 0 Å². The summed E-state index contributed by atoms with van der Waals surface area (Å²) in [5.41, 5.74) is 9.58. The van der Waals surface area contributed by atoms with Crippen LogP contribution in [0.4, 0.5) is 0 Å². The quantitative estimate of drug-likeness (QED) is 0.686. The van der Waals surface area contributed by atoms with Crippen molar-refractivity contribution in [1.29, 1.82) is 0 Å². The molecule has 0 saturated carbocycles. The Bertz CT molecular complexity index is 665. The Morgan fingerprint density at radius 1 is 0.900 bits per heavy atom. The average Bonchev–Trinajstić information content (AvgIpc) is 2.66. The molecule has 0 saturated heterocycles. The Kier molecular flexibility index (Phi) is 3.64. The third-order valence-corrected chi connectivity index (χ3v) is 3.46. The van der Waals surface area contributed by atoms with Crippen LogP contribution in [-0.2, 0) is 0 Å². The summed E-state index contributed by atoms with van der Waals surface area (Å²) in [4.78, 5) is 0. The first-order chi connectivity index (χ1) is 9.90. The van der Waals surface area contributed by atoms with Crippen molar-refractivity contribution in [3.05, 3.63) is 82.6 Å². The summed E-state index contributed by atoms with van der Waals surface area (Å²) < 4.78 is 0. The first-order valence-electron chi connectivity index (χ1n) is 6.87. The number of likely N-dealkylation sites (N-methyl/N-ethyl adjacent to an activating group) is 1. The number of benzene rings is 2. The minimum absolute atomic E-state index is 0.821. The van der Waals surface area contributed by atoms with E-state index in [1.807, 2.05) is 13.1 Å². The highest BCUT2D eigenvalue weighted by Gasteiger charge is 2.13. The van der Waals surface area contributed by atoms with E-state index in [0.717, 1.165) is 12.1 Å². The minimum Gasteiger partial charge on any atom is -0.316 e. The van der Waals surface area contributed by atoms with Crippen molar-refractivity contribution in [2.75, 3.05) is 13.6 Å². The van der Waals surface area contributed by atoms with Gasteiger partial charge in [-0.05, 0) is 35.4 Å². The number of rotatable bonds is 2. The maximum absolute atomic E-state index is 3.46. The molecular weight excluding hydrogens is 242 g/mol. The first kappa shape index (κ1) is 12.7. The monoisotopic (exact) mass is 259 g/mol. The van der Waals surface area contributed by atoms with Crippen molar-refractivity contribution in [3.63, 3.8) is 0 Å². The van der Waals surface area contributed by atoms with E-state index < -0.39 is 0 Å². The van der Waals surface area contributed by atoms with Crippen LogP contribution >= 0.6 is 0 Å². The predicted octanol–water partition coefficient (Wildman–Crippen LogP) is 3.98. The van der Waals surface area contributed by atoms with Gasteiger partial charge in [0, 0.05) is 12.1 Å². The lowest BCUT2D eigenvalue weighted by molar-refractivity contribution is 0.921. The van der Waals surface area contributed by atoms with E-state index in [0.29, 0.717) is 0 Å². The van der Waals surface area contributed by atoms with Crippen LogP contribution in [0.2, 0.25) is 0 Å². The van der Waals surface area contributed by atoms with Crippen LogP contribution < -0.4 is 5.32 Å². The molecule has 20 heavy (non-hydrogen) atoms. The standard InChI is InChI=1S/C19H17N/c1-20-14-6-11-19-17-9-4-2-7-15(17)12-13-16-8-3-5-10-18(16)19/h2-10,12-13,20H,14H2,1H3. The summed E-state index contributed by atoms with van der Waals surface area (Å²) in [5, 5.41) is 3.12. The van der Waals surface area contributed by atoms with Crippen LogP contribution in [-0.4, -0.2) is 13.6 Å². The molecule has 1 aliphatic carbocycles. The summed E-state index contributed by atoms with van der Waals surface area (Å²) in [5.74, 6) is 0. The molecular formula is C19H17N. The fourth-order valence-electron chi connectivity index (χ4n) is 2.48. The van der Waals surface area contributed by atoms with Crippen LogP contribution in [0.1, 0.15) is 22.3 Å². The van der Waals surface area contributed by atoms with Gasteiger partial charge in [-0.3, -0.25) is 0 Å². The Balaban J connectivity index is 2.26. The van der Waals surface area contributed by atoms with Gasteiger partial charge in [0.15, 0.2) is 0 Å². The van der Waals surface area contributed by atoms with Crippen LogP contribution in [0.3, 0.4) is 0 Å². The van der Waals surface area contributed by atoms with Crippen molar-refractivity contribution in [2.45, 2.75) is 0 Å². The topological polar surface area (TPSA) is 12.0 Å². The molecule has 0 aliphatic heterocycles. The summed E-state index contributed by atoms with van der Waals surface area (Å²) in [6.07, 6.45) is 6.41. The van der Waals surface area contributed by atoms with E-state index in [1.165, 1.54) is 22.3 Å². The summed E-state index contributed by atoms with van der Waals surface area (Å²) >= 11 is 0. The summed E-state index contributed by atoms with van der Waals surface area (Å²) in [6, 6.07) is 17.0. The molecule has 2 aromatic rings. The minimum atomic E-state index is 0.821. The maximum atomic E-state index is 3.46. The molecule has 1 aliphatic rings. The molecule has 1 heteroatoms. The molecule has 0 atom stereocenters. The fraction of sp³-hybridized carbons (Fsp3) is 0.105. The molecule has 98 valence electrons. The van der Waals surface area contributed by atoms with Gasteiger partial charge < -0.3 is 5.32 Å². The first-order valence-corrected chi connectivity index (χ1v) is 6.87. The molecule has 0 fully saturated rings. The van der Waals surface area contributed by atoms with Crippen molar-refractivity contribution >= 4 is 17.7 Å². The van der Waals surface area contributed by atoms with Gasteiger partial charge in [-0.25, -0.2) is 0 Å². The second-order valence-electron chi connectivity index (χ2n) is 4.79. The molecule has 0 heterocycles. The molecule has 2 aromatic carbocycles. The van der Waals surface area contributed by atoms with Crippen molar-refractivity contribution in [1.82, 2.24) is 5.32 Å². The third kappa shape index (κ3) is 2.37. The molecule has 0 radical (unpaired) electrons. The normalized spacial score (nSPS) is 12.2. The lowest BCUT2D eigenvalue weighted by Gasteiger charge is -2.09. The van der Waals surface area contributed by atoms with E-state index in [4.69, 9.17) is 0 Å². The highest BCUT2D eigenvalue weighted by Crippen LogP contribution is 2.32. The zero-order chi connectivity index (χ0) is 13.8. The molecule has 0 unspecified atom stereocenters. The van der Waals surface area contributed by atoms with Crippen molar-refractivity contribution in [2.24, 2.45) is 0 Å². The number of hydrogen-bond donors (Lipinski definition) is 1. The summed E-state index contributed by atoms with van der Waals surface area (Å²) in [7, 11) is 1.94. The average molecular weight is 259 g/mol. The van der Waals surface area contributed by atoms with Gasteiger partial charge in [0.05, 0.1) is 0 Å². The molecule has 0 amide bonds. The molecule has 0 bridgehead atoms. The smallest absolute Gasteiger partial charge is 0.0318 e. The number of hydrogen-bond acceptors (Lipinski definition) is 1. The highest BCUT2D eigenvalue weighted by atomic mass is 14.8. The van der Waals surface area contributed by atoms with Gasteiger partial charge in [0.1, 0.15) is 0 Å². The highest BCUT2D eigenvalue weighted by molar-refractivity contribution is 5.93. The SMILES string of the molecule is CNCC=C=C1c2ccccc2C=Cc2ccccc21. The zero-order valence-corrected chi connectivity index (χ0v) is 11.6. The molecule has 0 aromatic heterocycles. The van der Waals surface area contributed by atoms with Gasteiger partial charge >= 0.3 is 0 Å². The number of nitrogens with one attached hydrogen (secondary N) is 1. The Morgan fingerprint density at radius 3 is 2.00 bits per heavy atom. The van der Waals surface area contributed by atoms with Gasteiger partial charge in [-0.2, -0.15) is 0 Å². The fourth-order valence-corrected chi connectivity index (χ4v) is 2.48. The van der Waals surface area contributed by atoms with Crippen LogP contribution in [0.15, 0.2) is 60.3 Å². The van der Waals surface area contributed by atoms with E-state index >= 15 is 0 Å². The van der Waals surface area contributed by atoms with Crippen molar-refractivity contribution < 1.29 is 0 Å². The zero-order valence-electron chi connectivity index (χ0n) is 11.6. The lowest BCUT2D eigenvalue weighted by Crippen LogP contribution is -2.03. The molecule has 0 spiro atoms. The van der Waals surface area contributed by atoms with Crippen molar-refractivity contribution in [3.8, 4) is 0 Å². The van der Waals surface area contributed by atoms with Crippen LogP contribution in [0, 0.1) is 0 Å². The van der Waals surface area contributed by atoms with E-state index in [2.05, 4.69) is 71.7 Å². The second-order valence-corrected chi connectivity index (χ2v) is 4.79. The second kappa shape index (κ2) is 5.75. The molecule has 1 N–H and O–H groups in total. The van der Waals surface area contributed by atoms with Crippen LogP contribution in [0.25, 0.3) is 17.7 Å². The van der Waals surface area contributed by atoms with Gasteiger partial charge in [-0.1, -0.05) is 60.7 Å².